The highest BCUT2D eigenvalue weighted by molar-refractivity contribution is 9.10. The Kier molecular flexibility index (Phi) is 6.88. The molecule has 0 bridgehead atoms. The van der Waals surface area contributed by atoms with E-state index in [1.54, 1.807) is 42.5 Å². The number of hydrogen-bond acceptors (Lipinski definition) is 7. The van der Waals surface area contributed by atoms with Crippen LogP contribution in [0.2, 0.25) is 0 Å². The topological polar surface area (TPSA) is 117 Å². The fourth-order valence-corrected chi connectivity index (χ4v) is 2.96. The zero-order chi connectivity index (χ0) is 22.4. The molecule has 9 heteroatoms. The molecule has 0 spiro atoms. The first-order valence-corrected chi connectivity index (χ1v) is 9.68. The van der Waals surface area contributed by atoms with Crippen LogP contribution in [0, 0.1) is 0 Å². The van der Waals surface area contributed by atoms with Gasteiger partial charge in [-0.2, -0.15) is 5.10 Å². The maximum atomic E-state index is 12.3. The van der Waals surface area contributed by atoms with E-state index < -0.39 is 11.9 Å². The van der Waals surface area contributed by atoms with E-state index in [-0.39, 0.29) is 22.8 Å². The first-order chi connectivity index (χ1) is 14.9. The van der Waals surface area contributed by atoms with Gasteiger partial charge in [-0.25, -0.2) is 10.2 Å². The molecule has 3 N–H and O–H groups in total. The Labute approximate surface area is 185 Å². The molecule has 0 atom stereocenters. The Morgan fingerprint density at radius 3 is 2.55 bits per heavy atom. The van der Waals surface area contributed by atoms with E-state index in [0.29, 0.717) is 16.9 Å². The summed E-state index contributed by atoms with van der Waals surface area (Å²) in [6.07, 6.45) is 1.36. The van der Waals surface area contributed by atoms with E-state index >= 15 is 0 Å². The normalized spacial score (nSPS) is 10.6. The summed E-state index contributed by atoms with van der Waals surface area (Å²) < 4.78 is 11.4. The van der Waals surface area contributed by atoms with Crippen LogP contribution in [0.1, 0.15) is 26.3 Å². The third kappa shape index (κ3) is 5.61. The minimum Gasteiger partial charge on any atom is -0.508 e. The summed E-state index contributed by atoms with van der Waals surface area (Å²) in [7, 11) is 1.43. The molecule has 0 radical (unpaired) electrons. The quantitative estimate of drug-likeness (QED) is 0.211. The number of methoxy groups -OCH3 is 1. The van der Waals surface area contributed by atoms with Crippen LogP contribution in [0.5, 0.6) is 23.0 Å². The predicted molar refractivity (Wildman–Crippen MR) is 117 cm³/mol. The van der Waals surface area contributed by atoms with Crippen molar-refractivity contribution in [3.8, 4) is 23.0 Å². The molecule has 3 rings (SSSR count). The van der Waals surface area contributed by atoms with Gasteiger partial charge in [-0.15, -0.1) is 0 Å². The van der Waals surface area contributed by atoms with E-state index in [2.05, 4.69) is 26.5 Å². The van der Waals surface area contributed by atoms with Crippen LogP contribution in [-0.4, -0.2) is 35.4 Å². The van der Waals surface area contributed by atoms with Gasteiger partial charge in [0.25, 0.3) is 5.91 Å². The summed E-state index contributed by atoms with van der Waals surface area (Å²) in [6.45, 7) is 0. The third-order valence-electron chi connectivity index (χ3n) is 4.06. The molecule has 0 heterocycles. The Morgan fingerprint density at radius 2 is 1.84 bits per heavy atom. The molecule has 0 aliphatic rings. The molecule has 0 aromatic heterocycles. The van der Waals surface area contributed by atoms with Crippen molar-refractivity contribution >= 4 is 34.0 Å². The van der Waals surface area contributed by atoms with Crippen molar-refractivity contribution in [3.05, 3.63) is 81.8 Å². The number of nitrogens with zero attached hydrogens (tertiary/aromatic N) is 1. The molecule has 3 aromatic carbocycles. The molecule has 0 saturated carbocycles. The summed E-state index contributed by atoms with van der Waals surface area (Å²) in [4.78, 5) is 24.4. The SMILES string of the molecule is COc1cc(C=NNC(=O)c2ccc(O)cc2O)ccc1OC(=O)c1cccc(Br)c1. The van der Waals surface area contributed by atoms with E-state index in [0.717, 1.165) is 10.5 Å². The van der Waals surface area contributed by atoms with Gasteiger partial charge < -0.3 is 19.7 Å². The fraction of sp³-hybridized carbons (Fsp3) is 0.0455. The summed E-state index contributed by atoms with van der Waals surface area (Å²) in [5, 5.41) is 22.8. The zero-order valence-electron chi connectivity index (χ0n) is 16.2. The molecule has 0 fully saturated rings. The highest BCUT2D eigenvalue weighted by atomic mass is 79.9. The number of amides is 1. The van der Waals surface area contributed by atoms with Crippen LogP contribution in [0.15, 0.2) is 70.2 Å². The Bertz CT molecular complexity index is 1160. The van der Waals surface area contributed by atoms with Crippen molar-refractivity contribution in [3.63, 3.8) is 0 Å². The van der Waals surface area contributed by atoms with Crippen LogP contribution in [0.25, 0.3) is 0 Å². The van der Waals surface area contributed by atoms with Crippen molar-refractivity contribution in [1.82, 2.24) is 5.43 Å². The van der Waals surface area contributed by atoms with Crippen molar-refractivity contribution in [2.24, 2.45) is 5.10 Å². The number of carbonyl (C=O) groups excluding carboxylic acids is 2. The van der Waals surface area contributed by atoms with Gasteiger partial charge in [0.05, 0.1) is 24.5 Å². The van der Waals surface area contributed by atoms with Gasteiger partial charge in [0, 0.05) is 10.5 Å². The number of nitrogens with one attached hydrogen (secondary N) is 1. The molecule has 0 saturated heterocycles. The maximum absolute atomic E-state index is 12.3. The number of phenols is 2. The smallest absolute Gasteiger partial charge is 0.343 e. The van der Waals surface area contributed by atoms with Crippen molar-refractivity contribution in [1.29, 1.82) is 0 Å². The molecule has 0 unspecified atom stereocenters. The van der Waals surface area contributed by atoms with Gasteiger partial charge in [0.2, 0.25) is 0 Å². The molecule has 8 nitrogen and oxygen atoms in total. The Balaban J connectivity index is 1.69. The maximum Gasteiger partial charge on any atom is 0.343 e. The molecular weight excluding hydrogens is 468 g/mol. The monoisotopic (exact) mass is 484 g/mol. The van der Waals surface area contributed by atoms with Crippen molar-refractivity contribution < 1.29 is 29.3 Å². The lowest BCUT2D eigenvalue weighted by Gasteiger charge is -2.10. The number of ether oxygens (including phenoxy) is 2. The molecule has 1 amide bonds. The lowest BCUT2D eigenvalue weighted by Crippen LogP contribution is -2.17. The predicted octanol–water partition coefficient (Wildman–Crippen LogP) is 3.85. The third-order valence-corrected chi connectivity index (χ3v) is 4.55. The van der Waals surface area contributed by atoms with Crippen LogP contribution in [0.3, 0.4) is 0 Å². The first-order valence-electron chi connectivity index (χ1n) is 8.88. The minimum atomic E-state index is -0.653. The number of carbonyl (C=O) groups is 2. The summed E-state index contributed by atoms with van der Waals surface area (Å²) in [5.74, 6) is -1.20. The van der Waals surface area contributed by atoms with E-state index in [1.807, 2.05) is 0 Å². The second-order valence-electron chi connectivity index (χ2n) is 6.21. The molecular formula is C22H17BrN2O6. The largest absolute Gasteiger partial charge is 0.508 e. The van der Waals surface area contributed by atoms with Crippen molar-refractivity contribution in [2.75, 3.05) is 7.11 Å². The van der Waals surface area contributed by atoms with Gasteiger partial charge in [0.1, 0.15) is 11.5 Å². The second kappa shape index (κ2) is 9.77. The standard InChI is InChI=1S/C22H17BrN2O6/c1-30-20-9-13(12-24-25-21(28)17-7-6-16(26)11-18(17)27)5-8-19(20)31-22(29)14-3-2-4-15(23)10-14/h2-12,26-27H,1H3,(H,25,28). The van der Waals surface area contributed by atoms with E-state index in [9.17, 15) is 19.8 Å². The number of esters is 1. The number of rotatable bonds is 6. The molecule has 3 aromatic rings. The molecule has 158 valence electrons. The number of hydrazone groups is 1. The number of benzene rings is 3. The molecule has 31 heavy (non-hydrogen) atoms. The average molecular weight is 485 g/mol. The van der Waals surface area contributed by atoms with E-state index in [1.165, 1.54) is 25.5 Å². The first kappa shape index (κ1) is 21.8. The number of phenolic OH excluding ortho intramolecular Hbond substituents is 2. The minimum absolute atomic E-state index is 0.0395. The zero-order valence-corrected chi connectivity index (χ0v) is 17.8. The van der Waals surface area contributed by atoms with Crippen LogP contribution >= 0.6 is 15.9 Å². The van der Waals surface area contributed by atoms with Gasteiger partial charge in [-0.1, -0.05) is 22.0 Å². The lowest BCUT2D eigenvalue weighted by molar-refractivity contribution is 0.0729. The van der Waals surface area contributed by atoms with Gasteiger partial charge in [0.15, 0.2) is 11.5 Å². The second-order valence-corrected chi connectivity index (χ2v) is 7.13. The highest BCUT2D eigenvalue weighted by Crippen LogP contribution is 2.28. The number of hydrogen-bond donors (Lipinski definition) is 3. The lowest BCUT2D eigenvalue weighted by atomic mass is 10.2. The number of halogens is 1. The van der Waals surface area contributed by atoms with Crippen LogP contribution in [0.4, 0.5) is 0 Å². The highest BCUT2D eigenvalue weighted by Gasteiger charge is 2.14. The van der Waals surface area contributed by atoms with Gasteiger partial charge in [-0.05, 0) is 54.1 Å². The summed E-state index contributed by atoms with van der Waals surface area (Å²) >= 11 is 3.31. The van der Waals surface area contributed by atoms with Crippen molar-refractivity contribution in [2.45, 2.75) is 0 Å². The molecule has 0 aliphatic carbocycles. The number of aromatic hydroxyl groups is 2. The fourth-order valence-electron chi connectivity index (χ4n) is 2.56. The Morgan fingerprint density at radius 1 is 1.03 bits per heavy atom. The van der Waals surface area contributed by atoms with E-state index in [4.69, 9.17) is 9.47 Å². The van der Waals surface area contributed by atoms with Crippen LogP contribution < -0.4 is 14.9 Å². The Hall–Kier alpha value is -3.85. The van der Waals surface area contributed by atoms with Crippen LogP contribution in [-0.2, 0) is 0 Å². The molecule has 0 aliphatic heterocycles. The summed E-state index contributed by atoms with van der Waals surface area (Å²) in [6, 6.07) is 15.2. The average Bonchev–Trinajstić information content (AvgIpc) is 2.74. The van der Waals surface area contributed by atoms with Gasteiger partial charge >= 0.3 is 5.97 Å². The van der Waals surface area contributed by atoms with Gasteiger partial charge in [-0.3, -0.25) is 4.79 Å². The summed E-state index contributed by atoms with van der Waals surface area (Å²) in [5.41, 5.74) is 3.18.